The van der Waals surface area contributed by atoms with Crippen LogP contribution in [-0.4, -0.2) is 9.13 Å². The van der Waals surface area contributed by atoms with Crippen molar-refractivity contribution in [2.24, 2.45) is 0 Å². The molecule has 2 aromatic heterocycles. The lowest BCUT2D eigenvalue weighted by atomic mass is 9.94. The van der Waals surface area contributed by atoms with Crippen LogP contribution < -0.4 is 0 Å². The van der Waals surface area contributed by atoms with Gasteiger partial charge < -0.3 is 9.13 Å². The Labute approximate surface area is 431 Å². The second kappa shape index (κ2) is 18.1. The van der Waals surface area contributed by atoms with E-state index in [0.717, 1.165) is 5.69 Å². The number of hydrogen-bond acceptors (Lipinski definition) is 0. The van der Waals surface area contributed by atoms with Crippen LogP contribution in [-0.2, 0) is 0 Å². The van der Waals surface area contributed by atoms with Crippen LogP contribution in [0.25, 0.3) is 133 Å². The van der Waals surface area contributed by atoms with Crippen LogP contribution in [0.5, 0.6) is 0 Å². The van der Waals surface area contributed by atoms with Crippen LogP contribution in [0, 0.1) is 0 Å². The zero-order valence-corrected chi connectivity index (χ0v) is 40.6. The molecule has 0 spiro atoms. The van der Waals surface area contributed by atoms with Gasteiger partial charge in [-0.2, -0.15) is 0 Å². The average Bonchev–Trinajstić information content (AvgIpc) is 4.00. The molecule has 14 aromatic rings. The Kier molecular flexibility index (Phi) is 10.6. The molecule has 14 rings (SSSR count). The normalized spacial score (nSPS) is 11.5. The maximum Gasteiger partial charge on any atom is 0.0541 e. The summed E-state index contributed by atoms with van der Waals surface area (Å²) in [4.78, 5) is 0. The molecule has 346 valence electrons. The molecule has 2 nitrogen and oxygen atoms in total. The quantitative estimate of drug-likeness (QED) is 0.136. The molecule has 0 N–H and O–H groups in total. The third-order valence-corrected chi connectivity index (χ3v) is 14.9. The molecule has 0 saturated carbocycles. The van der Waals surface area contributed by atoms with Crippen molar-refractivity contribution in [3.8, 4) is 89.3 Å². The zero-order valence-electron chi connectivity index (χ0n) is 40.6. The van der Waals surface area contributed by atoms with Gasteiger partial charge in [0.1, 0.15) is 0 Å². The molecule has 2 heteroatoms. The molecule has 0 unspecified atom stereocenters. The fourth-order valence-electron chi connectivity index (χ4n) is 11.3. The van der Waals surface area contributed by atoms with Crippen LogP contribution in [0.1, 0.15) is 0 Å². The van der Waals surface area contributed by atoms with E-state index in [-0.39, 0.29) is 0 Å². The summed E-state index contributed by atoms with van der Waals surface area (Å²) in [5, 5.41) is 4.98. The minimum atomic E-state index is 1.16. The van der Waals surface area contributed by atoms with Gasteiger partial charge in [0.15, 0.2) is 0 Å². The molecule has 0 aliphatic rings. The summed E-state index contributed by atoms with van der Waals surface area (Å²) in [6.45, 7) is 0. The van der Waals surface area contributed by atoms with E-state index in [1.54, 1.807) is 0 Å². The second-order valence-electron chi connectivity index (χ2n) is 19.3. The molecule has 0 atom stereocenters. The molecule has 74 heavy (non-hydrogen) atoms. The maximum absolute atomic E-state index is 2.45. The second-order valence-corrected chi connectivity index (χ2v) is 19.3. The number of para-hydroxylation sites is 4. The minimum Gasteiger partial charge on any atom is -0.309 e. The van der Waals surface area contributed by atoms with E-state index in [1.165, 1.54) is 127 Å². The summed E-state index contributed by atoms with van der Waals surface area (Å²) in [7, 11) is 0. The maximum atomic E-state index is 2.45. The van der Waals surface area contributed by atoms with E-state index < -0.39 is 0 Å². The average molecular weight is 941 g/mol. The molecule has 0 amide bonds. The van der Waals surface area contributed by atoms with E-state index in [0.29, 0.717) is 0 Å². The van der Waals surface area contributed by atoms with Crippen LogP contribution in [0.15, 0.2) is 291 Å². The van der Waals surface area contributed by atoms with Gasteiger partial charge >= 0.3 is 0 Å². The third kappa shape index (κ3) is 7.60. The smallest absolute Gasteiger partial charge is 0.0541 e. The summed E-state index contributed by atoms with van der Waals surface area (Å²) in [6, 6.07) is 106. The van der Waals surface area contributed by atoms with Gasteiger partial charge in [-0.3, -0.25) is 0 Å². The van der Waals surface area contributed by atoms with Gasteiger partial charge in [0, 0.05) is 32.8 Å². The number of hydrogen-bond donors (Lipinski definition) is 0. The van der Waals surface area contributed by atoms with E-state index in [1.807, 2.05) is 0 Å². The van der Waals surface area contributed by atoms with Crippen LogP contribution in [0.2, 0.25) is 0 Å². The predicted molar refractivity (Wildman–Crippen MR) is 313 cm³/mol. The van der Waals surface area contributed by atoms with E-state index in [4.69, 9.17) is 0 Å². The topological polar surface area (TPSA) is 9.86 Å². The molecule has 12 aromatic carbocycles. The minimum absolute atomic E-state index is 1.16. The molecular formula is C72H48N2. The Bertz CT molecular complexity index is 4390. The molecule has 2 heterocycles. The first kappa shape index (κ1) is 43.1. The van der Waals surface area contributed by atoms with Gasteiger partial charge in [0.2, 0.25) is 0 Å². The van der Waals surface area contributed by atoms with Crippen LogP contribution in [0.4, 0.5) is 0 Å². The van der Waals surface area contributed by atoms with Crippen molar-refractivity contribution in [1.82, 2.24) is 9.13 Å². The number of rotatable bonds is 9. The zero-order chi connectivity index (χ0) is 49.0. The summed E-state index contributed by atoms with van der Waals surface area (Å²) in [6.07, 6.45) is 0. The lowest BCUT2D eigenvalue weighted by Crippen LogP contribution is -1.97. The van der Waals surface area contributed by atoms with Gasteiger partial charge in [-0.15, -0.1) is 0 Å². The van der Waals surface area contributed by atoms with Crippen molar-refractivity contribution >= 4 is 43.6 Å². The summed E-state index contributed by atoms with van der Waals surface area (Å²) in [5.41, 5.74) is 23.9. The standard InChI is InChI=1S/C72H48N2/c1-3-16-49(17-4-1)54-18-13-19-55(44-54)50-32-34-51(35-33-50)56-20-14-22-58(45-56)59-23-15-21-57(46-59)52-36-38-53(39-37-52)63-26-7-10-29-68(63)74-70-31-12-9-28-65(70)67-48-61(41-43-72(67)74)60-40-42-71-66(47-60)64-27-8-11-30-69(64)73(71)62-24-5-2-6-25-62/h1-48H. The summed E-state index contributed by atoms with van der Waals surface area (Å²) < 4.78 is 4.83. The van der Waals surface area contributed by atoms with E-state index in [2.05, 4.69) is 300 Å². The first-order valence-electron chi connectivity index (χ1n) is 25.5. The summed E-state index contributed by atoms with van der Waals surface area (Å²) >= 11 is 0. The van der Waals surface area contributed by atoms with Gasteiger partial charge in [-0.1, -0.05) is 218 Å². The lowest BCUT2D eigenvalue weighted by Gasteiger charge is -2.15. The molecule has 0 aliphatic heterocycles. The van der Waals surface area contributed by atoms with Crippen molar-refractivity contribution in [3.05, 3.63) is 291 Å². The van der Waals surface area contributed by atoms with Crippen LogP contribution >= 0.6 is 0 Å². The first-order valence-corrected chi connectivity index (χ1v) is 25.5. The summed E-state index contributed by atoms with van der Waals surface area (Å²) in [5.74, 6) is 0. The van der Waals surface area contributed by atoms with E-state index in [9.17, 15) is 0 Å². The largest absolute Gasteiger partial charge is 0.309 e. The Morgan fingerprint density at radius 1 is 0.176 bits per heavy atom. The monoisotopic (exact) mass is 940 g/mol. The molecule has 0 saturated heterocycles. The Hall–Kier alpha value is -9.76. The van der Waals surface area contributed by atoms with Gasteiger partial charge in [0.25, 0.3) is 0 Å². The van der Waals surface area contributed by atoms with Gasteiger partial charge in [-0.05, 0) is 145 Å². The highest BCUT2D eigenvalue weighted by molar-refractivity contribution is 6.13. The Morgan fingerprint density at radius 2 is 0.500 bits per heavy atom. The number of nitrogens with zero attached hydrogens (tertiary/aromatic N) is 2. The third-order valence-electron chi connectivity index (χ3n) is 14.9. The number of fused-ring (bicyclic) bond motifs is 6. The highest BCUT2D eigenvalue weighted by atomic mass is 15.0. The van der Waals surface area contributed by atoms with Gasteiger partial charge in [0.05, 0.1) is 27.8 Å². The lowest BCUT2D eigenvalue weighted by molar-refractivity contribution is 1.18. The SMILES string of the molecule is c1ccc(-c2cccc(-c3ccc(-c4cccc(-c5cccc(-c6ccc(-c7ccccc7-n7c8ccccc8c8cc(-c9ccc%10c(c9)c9ccccc9n%10-c9ccccc9)ccc87)cc6)c5)c4)cc3)c2)cc1. The Morgan fingerprint density at radius 3 is 1.01 bits per heavy atom. The first-order chi connectivity index (χ1) is 36.7. The molecule has 0 bridgehead atoms. The van der Waals surface area contributed by atoms with Crippen molar-refractivity contribution in [2.45, 2.75) is 0 Å². The van der Waals surface area contributed by atoms with Gasteiger partial charge in [-0.25, -0.2) is 0 Å². The van der Waals surface area contributed by atoms with Crippen molar-refractivity contribution in [1.29, 1.82) is 0 Å². The van der Waals surface area contributed by atoms with Crippen molar-refractivity contribution < 1.29 is 0 Å². The fraction of sp³-hybridized carbons (Fsp3) is 0. The molecule has 0 aliphatic carbocycles. The number of aromatic nitrogens is 2. The highest BCUT2D eigenvalue weighted by Gasteiger charge is 2.18. The number of benzene rings is 12. The molecule has 0 radical (unpaired) electrons. The molecule has 0 fully saturated rings. The fourth-order valence-corrected chi connectivity index (χ4v) is 11.3. The van der Waals surface area contributed by atoms with Crippen molar-refractivity contribution in [2.75, 3.05) is 0 Å². The van der Waals surface area contributed by atoms with Crippen molar-refractivity contribution in [3.63, 3.8) is 0 Å². The van der Waals surface area contributed by atoms with E-state index >= 15 is 0 Å². The predicted octanol–water partition coefficient (Wildman–Crippen LogP) is 19.5. The van der Waals surface area contributed by atoms with Crippen LogP contribution in [0.3, 0.4) is 0 Å². The Balaban J connectivity index is 0.758. The molecular weight excluding hydrogens is 893 g/mol. The highest BCUT2D eigenvalue weighted by Crippen LogP contribution is 2.41.